The number of nitrogens with one attached hydrogen (secondary N) is 2. The van der Waals surface area contributed by atoms with Gasteiger partial charge >= 0.3 is 0 Å². The van der Waals surface area contributed by atoms with Crippen LogP contribution in [0.5, 0.6) is 0 Å². The maximum absolute atomic E-state index is 12.8. The third kappa shape index (κ3) is 6.75. The van der Waals surface area contributed by atoms with E-state index < -0.39 is 0 Å². The molecule has 32 heavy (non-hydrogen) atoms. The van der Waals surface area contributed by atoms with E-state index in [1.807, 2.05) is 24.3 Å². The van der Waals surface area contributed by atoms with E-state index in [1.165, 1.54) is 10.5 Å². The summed E-state index contributed by atoms with van der Waals surface area (Å²) in [6.45, 7) is 4.70. The fourth-order valence-electron chi connectivity index (χ4n) is 3.32. The lowest BCUT2D eigenvalue weighted by atomic mass is 10.1. The Kier molecular flexibility index (Phi) is 9.56. The molecule has 0 saturated heterocycles. The second-order valence-corrected chi connectivity index (χ2v) is 7.30. The molecule has 2 aromatic carbocycles. The van der Waals surface area contributed by atoms with Crippen LogP contribution in [-0.4, -0.2) is 32.0 Å². The van der Waals surface area contributed by atoms with Gasteiger partial charge in [-0.05, 0) is 60.0 Å². The monoisotopic (exact) mass is 437 g/mol. The lowest BCUT2D eigenvalue weighted by Crippen LogP contribution is -2.35. The van der Waals surface area contributed by atoms with Crippen LogP contribution < -0.4 is 21.3 Å². The van der Waals surface area contributed by atoms with Gasteiger partial charge in [0.1, 0.15) is 5.69 Å². The van der Waals surface area contributed by atoms with Gasteiger partial charge in [-0.2, -0.15) is 0 Å². The van der Waals surface area contributed by atoms with Gasteiger partial charge in [-0.25, -0.2) is 0 Å². The zero-order valence-corrected chi connectivity index (χ0v) is 18.9. The molecule has 8 nitrogen and oxygen atoms in total. The molecule has 0 heterocycles. The Morgan fingerprint density at radius 3 is 2.44 bits per heavy atom. The number of carbonyl (C=O) groups is 2. The molecule has 0 aliphatic carbocycles. The van der Waals surface area contributed by atoms with Crippen molar-refractivity contribution in [2.24, 2.45) is 10.9 Å². The molecule has 8 heteroatoms. The SMILES string of the molecule is CCC=C(C)c1ccc(NC(=O)CCC(=O)N(CCN)c2ccc(N=O)c(NC)c2)cc1. The minimum absolute atomic E-state index is 0.0326. The van der Waals surface area contributed by atoms with Crippen LogP contribution in [-0.2, 0) is 9.59 Å². The number of carbonyl (C=O) groups excluding carboxylic acids is 2. The summed E-state index contributed by atoms with van der Waals surface area (Å²) in [5.74, 6) is -0.467. The highest BCUT2D eigenvalue weighted by Crippen LogP contribution is 2.30. The van der Waals surface area contributed by atoms with Crippen LogP contribution >= 0.6 is 0 Å². The molecule has 2 aromatic rings. The Morgan fingerprint density at radius 1 is 1.12 bits per heavy atom. The molecular weight excluding hydrogens is 406 g/mol. The minimum atomic E-state index is -0.240. The summed E-state index contributed by atoms with van der Waals surface area (Å²) in [6, 6.07) is 12.5. The summed E-state index contributed by atoms with van der Waals surface area (Å²) in [4.78, 5) is 37.6. The summed E-state index contributed by atoms with van der Waals surface area (Å²) in [7, 11) is 1.67. The number of benzene rings is 2. The number of nitrogens with two attached hydrogens (primary N) is 1. The first-order chi connectivity index (χ1) is 15.4. The lowest BCUT2D eigenvalue weighted by Gasteiger charge is -2.23. The van der Waals surface area contributed by atoms with Gasteiger partial charge in [-0.3, -0.25) is 9.59 Å². The van der Waals surface area contributed by atoms with E-state index in [0.29, 0.717) is 23.6 Å². The first-order valence-electron chi connectivity index (χ1n) is 10.7. The molecule has 0 bridgehead atoms. The minimum Gasteiger partial charge on any atom is -0.386 e. The Balaban J connectivity index is 2.00. The van der Waals surface area contributed by atoms with Gasteiger partial charge in [0.05, 0.1) is 5.69 Å². The molecule has 4 N–H and O–H groups in total. The molecule has 0 saturated carbocycles. The summed E-state index contributed by atoms with van der Waals surface area (Å²) < 4.78 is 0. The summed E-state index contributed by atoms with van der Waals surface area (Å²) >= 11 is 0. The van der Waals surface area contributed by atoms with Crippen molar-refractivity contribution in [3.05, 3.63) is 59.0 Å². The Morgan fingerprint density at radius 2 is 1.84 bits per heavy atom. The van der Waals surface area contributed by atoms with Crippen molar-refractivity contribution >= 4 is 40.1 Å². The summed E-state index contributed by atoms with van der Waals surface area (Å²) in [6.07, 6.45) is 3.19. The second kappa shape index (κ2) is 12.4. The quantitative estimate of drug-likeness (QED) is 0.442. The second-order valence-electron chi connectivity index (χ2n) is 7.30. The zero-order valence-electron chi connectivity index (χ0n) is 18.9. The van der Waals surface area contributed by atoms with E-state index in [0.717, 1.165) is 12.0 Å². The summed E-state index contributed by atoms with van der Waals surface area (Å²) in [5.41, 5.74) is 10.0. The third-order valence-corrected chi connectivity index (χ3v) is 5.01. The van der Waals surface area contributed by atoms with Crippen molar-refractivity contribution in [1.82, 2.24) is 0 Å². The van der Waals surface area contributed by atoms with Crippen LogP contribution in [0.1, 0.15) is 38.7 Å². The van der Waals surface area contributed by atoms with E-state index in [9.17, 15) is 14.5 Å². The van der Waals surface area contributed by atoms with Crippen molar-refractivity contribution in [2.75, 3.05) is 35.7 Å². The number of rotatable bonds is 11. The van der Waals surface area contributed by atoms with Gasteiger partial charge in [0, 0.05) is 44.4 Å². The number of nitroso groups, excluding NO2 is 1. The fraction of sp³-hybridized carbons (Fsp3) is 0.333. The van der Waals surface area contributed by atoms with Crippen LogP contribution in [0.4, 0.5) is 22.7 Å². The molecule has 2 amide bonds. The highest BCUT2D eigenvalue weighted by atomic mass is 16.3. The molecule has 0 aliphatic rings. The Bertz CT molecular complexity index is 970. The van der Waals surface area contributed by atoms with Gasteiger partial charge in [-0.15, -0.1) is 4.91 Å². The highest BCUT2D eigenvalue weighted by Gasteiger charge is 2.18. The van der Waals surface area contributed by atoms with E-state index in [-0.39, 0.29) is 36.9 Å². The first kappa shape index (κ1) is 24.7. The average Bonchev–Trinajstić information content (AvgIpc) is 2.81. The molecule has 2 rings (SSSR count). The van der Waals surface area contributed by atoms with Crippen molar-refractivity contribution in [2.45, 2.75) is 33.1 Å². The molecule has 0 unspecified atom stereocenters. The molecule has 0 spiro atoms. The smallest absolute Gasteiger partial charge is 0.227 e. The van der Waals surface area contributed by atoms with Crippen LogP contribution in [0.15, 0.2) is 53.7 Å². The molecule has 170 valence electrons. The predicted octanol–water partition coefficient (Wildman–Crippen LogP) is 4.65. The molecular formula is C24H31N5O3. The largest absolute Gasteiger partial charge is 0.386 e. The molecule has 0 atom stereocenters. The van der Waals surface area contributed by atoms with Crippen LogP contribution in [0.3, 0.4) is 0 Å². The van der Waals surface area contributed by atoms with Gasteiger partial charge < -0.3 is 21.3 Å². The third-order valence-electron chi connectivity index (χ3n) is 5.01. The average molecular weight is 438 g/mol. The van der Waals surface area contributed by atoms with Crippen molar-refractivity contribution in [3.8, 4) is 0 Å². The summed E-state index contributed by atoms with van der Waals surface area (Å²) in [5, 5.41) is 8.68. The molecule has 0 fully saturated rings. The van der Waals surface area contributed by atoms with E-state index in [4.69, 9.17) is 5.73 Å². The van der Waals surface area contributed by atoms with Crippen LogP contribution in [0, 0.1) is 4.91 Å². The predicted molar refractivity (Wildman–Crippen MR) is 131 cm³/mol. The topological polar surface area (TPSA) is 117 Å². The van der Waals surface area contributed by atoms with Crippen molar-refractivity contribution in [1.29, 1.82) is 0 Å². The van der Waals surface area contributed by atoms with Crippen LogP contribution in [0.2, 0.25) is 0 Å². The zero-order chi connectivity index (χ0) is 23.5. The standard InChI is InChI=1S/C24H31N5O3/c1-4-5-17(2)18-6-8-19(9-7-18)27-23(30)12-13-24(31)29(15-14-25)20-10-11-21(28-32)22(16-20)26-3/h5-11,16,26H,4,12-15,25H2,1-3H3,(H,27,30). The van der Waals surface area contributed by atoms with Crippen LogP contribution in [0.25, 0.3) is 5.57 Å². The van der Waals surface area contributed by atoms with Gasteiger partial charge in [0.25, 0.3) is 0 Å². The maximum Gasteiger partial charge on any atom is 0.227 e. The van der Waals surface area contributed by atoms with E-state index >= 15 is 0 Å². The van der Waals surface area contributed by atoms with Crippen molar-refractivity contribution in [3.63, 3.8) is 0 Å². The van der Waals surface area contributed by atoms with E-state index in [2.05, 4.69) is 35.7 Å². The van der Waals surface area contributed by atoms with Gasteiger partial charge in [0.2, 0.25) is 11.8 Å². The normalized spacial score (nSPS) is 11.1. The lowest BCUT2D eigenvalue weighted by molar-refractivity contribution is -0.122. The van der Waals surface area contributed by atoms with Gasteiger partial charge in [0.15, 0.2) is 0 Å². The number of amides is 2. The highest BCUT2D eigenvalue weighted by molar-refractivity contribution is 5.98. The number of hydrogen-bond donors (Lipinski definition) is 3. The number of nitrogens with zero attached hydrogens (tertiary/aromatic N) is 2. The van der Waals surface area contributed by atoms with Crippen molar-refractivity contribution < 1.29 is 9.59 Å². The maximum atomic E-state index is 12.8. The fourth-order valence-corrected chi connectivity index (χ4v) is 3.32. The number of hydrogen-bond acceptors (Lipinski definition) is 6. The Hall–Kier alpha value is -3.52. The number of allylic oxidation sites excluding steroid dienone is 2. The number of anilines is 3. The Labute approximate surface area is 188 Å². The molecule has 0 radical (unpaired) electrons. The molecule has 0 aliphatic heterocycles. The first-order valence-corrected chi connectivity index (χ1v) is 10.7. The molecule has 0 aromatic heterocycles. The van der Waals surface area contributed by atoms with E-state index in [1.54, 1.807) is 25.2 Å². The van der Waals surface area contributed by atoms with Gasteiger partial charge in [-0.1, -0.05) is 25.1 Å².